The Hall–Kier alpha value is -1.85. The molecule has 0 spiro atoms. The maximum atomic E-state index is 11.3. The van der Waals surface area contributed by atoms with Gasteiger partial charge < -0.3 is 14.6 Å². The lowest BCUT2D eigenvalue weighted by Gasteiger charge is -2.04. The zero-order valence-electron chi connectivity index (χ0n) is 9.18. The van der Waals surface area contributed by atoms with Crippen LogP contribution in [0.1, 0.15) is 12.8 Å². The molecular formula is C10H15N3O3. The summed E-state index contributed by atoms with van der Waals surface area (Å²) in [5.41, 5.74) is 0. The SMILES string of the molecule is COC(=O)CCNC(=O)CCn1ccnc1. The number of methoxy groups -OCH3 is 1. The molecule has 0 radical (unpaired) electrons. The largest absolute Gasteiger partial charge is 0.469 e. The Kier molecular flexibility index (Phi) is 5.04. The van der Waals surface area contributed by atoms with E-state index in [0.29, 0.717) is 19.5 Å². The number of nitrogens with zero attached hydrogens (tertiary/aromatic N) is 2. The molecule has 6 nitrogen and oxygen atoms in total. The molecule has 0 saturated carbocycles. The van der Waals surface area contributed by atoms with Crippen LogP contribution in [0, 0.1) is 0 Å². The monoisotopic (exact) mass is 225 g/mol. The number of carbonyl (C=O) groups excluding carboxylic acids is 2. The highest BCUT2D eigenvalue weighted by atomic mass is 16.5. The van der Waals surface area contributed by atoms with E-state index in [0.717, 1.165) is 0 Å². The van der Waals surface area contributed by atoms with E-state index in [1.165, 1.54) is 7.11 Å². The van der Waals surface area contributed by atoms with Crippen molar-refractivity contribution in [1.82, 2.24) is 14.9 Å². The molecule has 1 aromatic rings. The fraction of sp³-hybridized carbons (Fsp3) is 0.500. The zero-order chi connectivity index (χ0) is 11.8. The second kappa shape index (κ2) is 6.60. The first kappa shape index (κ1) is 12.2. The molecule has 0 bridgehead atoms. The Balaban J connectivity index is 2.09. The minimum absolute atomic E-state index is 0.0856. The Morgan fingerprint density at radius 3 is 2.88 bits per heavy atom. The average Bonchev–Trinajstić information content (AvgIpc) is 2.79. The first-order valence-electron chi connectivity index (χ1n) is 5.01. The quantitative estimate of drug-likeness (QED) is 0.689. The average molecular weight is 225 g/mol. The highest BCUT2D eigenvalue weighted by Crippen LogP contribution is 1.90. The standard InChI is InChI=1S/C10H15N3O3/c1-16-10(15)2-4-12-9(14)3-6-13-7-5-11-8-13/h5,7-8H,2-4,6H2,1H3,(H,12,14). The van der Waals surface area contributed by atoms with Crippen LogP contribution in [-0.4, -0.2) is 35.1 Å². The van der Waals surface area contributed by atoms with Crippen LogP contribution < -0.4 is 5.32 Å². The van der Waals surface area contributed by atoms with Gasteiger partial charge in [-0.3, -0.25) is 9.59 Å². The molecule has 1 heterocycles. The van der Waals surface area contributed by atoms with Crippen molar-refractivity contribution in [3.05, 3.63) is 18.7 Å². The number of ether oxygens (including phenoxy) is 1. The minimum Gasteiger partial charge on any atom is -0.469 e. The molecule has 88 valence electrons. The van der Waals surface area contributed by atoms with Gasteiger partial charge in [0, 0.05) is 31.9 Å². The van der Waals surface area contributed by atoms with Gasteiger partial charge >= 0.3 is 5.97 Å². The Bertz CT molecular complexity index is 335. The van der Waals surface area contributed by atoms with Gasteiger partial charge in [-0.1, -0.05) is 0 Å². The van der Waals surface area contributed by atoms with Gasteiger partial charge in [0.1, 0.15) is 0 Å². The fourth-order valence-corrected chi connectivity index (χ4v) is 1.14. The third-order valence-electron chi connectivity index (χ3n) is 2.04. The van der Waals surface area contributed by atoms with Crippen molar-refractivity contribution in [2.75, 3.05) is 13.7 Å². The van der Waals surface area contributed by atoms with Crippen LogP contribution in [0.15, 0.2) is 18.7 Å². The predicted molar refractivity (Wildman–Crippen MR) is 56.5 cm³/mol. The molecule has 1 amide bonds. The number of rotatable bonds is 6. The summed E-state index contributed by atoms with van der Waals surface area (Å²) in [7, 11) is 1.32. The molecule has 0 atom stereocenters. The number of amides is 1. The minimum atomic E-state index is -0.324. The van der Waals surface area contributed by atoms with Crippen molar-refractivity contribution < 1.29 is 14.3 Å². The van der Waals surface area contributed by atoms with Crippen molar-refractivity contribution in [2.45, 2.75) is 19.4 Å². The van der Waals surface area contributed by atoms with Crippen LogP contribution in [0.3, 0.4) is 0 Å². The summed E-state index contributed by atoms with van der Waals surface area (Å²) < 4.78 is 6.27. The number of nitrogens with one attached hydrogen (secondary N) is 1. The van der Waals surface area contributed by atoms with Gasteiger partial charge in [0.15, 0.2) is 0 Å². The van der Waals surface area contributed by atoms with E-state index >= 15 is 0 Å². The maximum absolute atomic E-state index is 11.3. The molecule has 16 heavy (non-hydrogen) atoms. The number of imidazole rings is 1. The molecular weight excluding hydrogens is 210 g/mol. The second-order valence-electron chi connectivity index (χ2n) is 3.23. The van der Waals surface area contributed by atoms with Crippen LogP contribution >= 0.6 is 0 Å². The lowest BCUT2D eigenvalue weighted by Crippen LogP contribution is -2.27. The molecule has 0 saturated heterocycles. The van der Waals surface area contributed by atoms with E-state index in [-0.39, 0.29) is 18.3 Å². The van der Waals surface area contributed by atoms with Gasteiger partial charge in [0.25, 0.3) is 0 Å². The summed E-state index contributed by atoms with van der Waals surface area (Å²) in [6.45, 7) is 0.902. The van der Waals surface area contributed by atoms with Crippen molar-refractivity contribution in [1.29, 1.82) is 0 Å². The van der Waals surface area contributed by atoms with E-state index in [9.17, 15) is 9.59 Å². The molecule has 1 rings (SSSR count). The van der Waals surface area contributed by atoms with Gasteiger partial charge in [-0.05, 0) is 0 Å². The Morgan fingerprint density at radius 2 is 2.25 bits per heavy atom. The summed E-state index contributed by atoms with van der Waals surface area (Å²) in [5, 5.41) is 2.64. The van der Waals surface area contributed by atoms with Crippen molar-refractivity contribution in [2.24, 2.45) is 0 Å². The first-order chi connectivity index (χ1) is 7.72. The Labute approximate surface area is 93.6 Å². The number of esters is 1. The number of aromatic nitrogens is 2. The normalized spacial score (nSPS) is 9.81. The molecule has 0 aliphatic heterocycles. The lowest BCUT2D eigenvalue weighted by atomic mass is 10.3. The number of hydrogen-bond donors (Lipinski definition) is 1. The summed E-state index contributed by atoms with van der Waals surface area (Å²) in [5.74, 6) is -0.410. The smallest absolute Gasteiger partial charge is 0.307 e. The third kappa shape index (κ3) is 4.59. The third-order valence-corrected chi connectivity index (χ3v) is 2.04. The molecule has 1 N–H and O–H groups in total. The van der Waals surface area contributed by atoms with E-state index in [1.807, 2.05) is 4.57 Å². The van der Waals surface area contributed by atoms with Gasteiger partial charge in [-0.25, -0.2) is 4.98 Å². The first-order valence-corrected chi connectivity index (χ1v) is 5.01. The van der Waals surface area contributed by atoms with E-state index < -0.39 is 0 Å². The molecule has 0 unspecified atom stereocenters. The van der Waals surface area contributed by atoms with Crippen molar-refractivity contribution in [3.8, 4) is 0 Å². The molecule has 0 fully saturated rings. The number of aryl methyl sites for hydroxylation is 1. The lowest BCUT2D eigenvalue weighted by molar-refractivity contribution is -0.140. The van der Waals surface area contributed by atoms with E-state index in [2.05, 4.69) is 15.0 Å². The topological polar surface area (TPSA) is 73.2 Å². The second-order valence-corrected chi connectivity index (χ2v) is 3.23. The van der Waals surface area contributed by atoms with Crippen molar-refractivity contribution in [3.63, 3.8) is 0 Å². The van der Waals surface area contributed by atoms with Crippen molar-refractivity contribution >= 4 is 11.9 Å². The molecule has 6 heteroatoms. The highest BCUT2D eigenvalue weighted by molar-refractivity contribution is 5.76. The highest BCUT2D eigenvalue weighted by Gasteiger charge is 2.03. The molecule has 0 aliphatic carbocycles. The fourth-order valence-electron chi connectivity index (χ4n) is 1.14. The maximum Gasteiger partial charge on any atom is 0.307 e. The number of hydrogen-bond acceptors (Lipinski definition) is 4. The van der Waals surface area contributed by atoms with Crippen LogP contribution in [-0.2, 0) is 20.9 Å². The van der Waals surface area contributed by atoms with Crippen LogP contribution in [0.2, 0.25) is 0 Å². The molecule has 0 aromatic carbocycles. The van der Waals surface area contributed by atoms with Gasteiger partial charge in [0.2, 0.25) is 5.91 Å². The van der Waals surface area contributed by atoms with Crippen LogP contribution in [0.4, 0.5) is 0 Å². The predicted octanol–water partition coefficient (Wildman–Crippen LogP) is -0.0475. The summed E-state index contributed by atoms with van der Waals surface area (Å²) >= 11 is 0. The Morgan fingerprint density at radius 1 is 1.44 bits per heavy atom. The summed E-state index contributed by atoms with van der Waals surface area (Å²) in [6.07, 6.45) is 5.68. The van der Waals surface area contributed by atoms with E-state index in [1.54, 1.807) is 18.7 Å². The van der Waals surface area contributed by atoms with Gasteiger partial charge in [-0.15, -0.1) is 0 Å². The van der Waals surface area contributed by atoms with Crippen LogP contribution in [0.5, 0.6) is 0 Å². The van der Waals surface area contributed by atoms with Gasteiger partial charge in [0.05, 0.1) is 19.9 Å². The van der Waals surface area contributed by atoms with Crippen LogP contribution in [0.25, 0.3) is 0 Å². The summed E-state index contributed by atoms with van der Waals surface area (Å²) in [6, 6.07) is 0. The van der Waals surface area contributed by atoms with Gasteiger partial charge in [-0.2, -0.15) is 0 Å². The zero-order valence-corrected chi connectivity index (χ0v) is 9.18. The molecule has 1 aromatic heterocycles. The van der Waals surface area contributed by atoms with E-state index in [4.69, 9.17) is 0 Å². The molecule has 0 aliphatic rings. The number of carbonyl (C=O) groups is 2. The summed E-state index contributed by atoms with van der Waals surface area (Å²) in [4.78, 5) is 25.9.